The molecule has 0 aliphatic rings. The lowest BCUT2D eigenvalue weighted by Gasteiger charge is -2.22. The number of benzene rings is 1. The Hall–Kier alpha value is -1.28. The zero-order valence-electron chi connectivity index (χ0n) is 13.9. The molecule has 0 atom stereocenters. The highest BCUT2D eigenvalue weighted by atomic mass is 32.2. The van der Waals surface area contributed by atoms with E-state index in [0.717, 1.165) is 12.0 Å². The first-order chi connectivity index (χ1) is 11.2. The molecular weight excluding hydrogens is 318 g/mol. The fraction of sp³-hybridized carbons (Fsp3) is 0.562. The van der Waals surface area contributed by atoms with E-state index in [1.54, 1.807) is 35.4 Å². The molecule has 0 unspecified atom stereocenters. The normalized spacial score (nSPS) is 10.6. The van der Waals surface area contributed by atoms with Gasteiger partial charge in [-0.15, -0.1) is 4.33 Å². The quantitative estimate of drug-likeness (QED) is 0.252. The molecule has 0 aromatic heterocycles. The van der Waals surface area contributed by atoms with Crippen LogP contribution in [0.1, 0.15) is 24.2 Å². The maximum Gasteiger partial charge on any atom is 0.254 e. The van der Waals surface area contributed by atoms with Crippen molar-refractivity contribution >= 4 is 17.9 Å². The second-order valence-electron chi connectivity index (χ2n) is 4.53. The van der Waals surface area contributed by atoms with Gasteiger partial charge in [-0.1, -0.05) is 0 Å². The molecule has 0 saturated carbocycles. The minimum Gasteiger partial charge on any atom is -0.380 e. The summed E-state index contributed by atoms with van der Waals surface area (Å²) in [6.45, 7) is 7.23. The first-order valence-electron chi connectivity index (χ1n) is 7.65. The molecule has 0 saturated heterocycles. The summed E-state index contributed by atoms with van der Waals surface area (Å²) in [7, 11) is 0. The van der Waals surface area contributed by atoms with E-state index in [0.29, 0.717) is 50.8 Å². The maximum absolute atomic E-state index is 12.6. The van der Waals surface area contributed by atoms with Gasteiger partial charge in [-0.2, -0.15) is 0 Å². The zero-order chi connectivity index (χ0) is 16.9. The monoisotopic (exact) mass is 343 g/mol. The molecule has 0 heterocycles. The molecule has 130 valence electrons. The molecule has 1 amide bonds. The van der Waals surface area contributed by atoms with Crippen LogP contribution < -0.4 is 4.89 Å². The van der Waals surface area contributed by atoms with Crippen LogP contribution in [0.5, 0.6) is 5.75 Å². The lowest BCUT2D eigenvalue weighted by Crippen LogP contribution is -2.36. The highest BCUT2D eigenvalue weighted by molar-refractivity contribution is 7.93. The van der Waals surface area contributed by atoms with Crippen LogP contribution >= 0.6 is 12.0 Å². The molecule has 23 heavy (non-hydrogen) atoms. The molecule has 0 spiro atoms. The second-order valence-corrected chi connectivity index (χ2v) is 5.00. The molecule has 0 N–H and O–H groups in total. The van der Waals surface area contributed by atoms with Crippen LogP contribution in [-0.4, -0.2) is 56.6 Å². The topological polar surface area (TPSA) is 57.2 Å². The van der Waals surface area contributed by atoms with Gasteiger partial charge in [0.1, 0.15) is 0 Å². The molecule has 0 aliphatic carbocycles. The summed E-state index contributed by atoms with van der Waals surface area (Å²) in [4.78, 5) is 19.3. The Bertz CT molecular complexity index is 431. The molecule has 7 heteroatoms. The van der Waals surface area contributed by atoms with Crippen molar-refractivity contribution in [3.8, 4) is 5.75 Å². The summed E-state index contributed by atoms with van der Waals surface area (Å²) in [5, 5.41) is 0. The number of rotatable bonds is 12. The fourth-order valence-corrected chi connectivity index (χ4v) is 2.01. The highest BCUT2D eigenvalue weighted by Gasteiger charge is 2.15. The van der Waals surface area contributed by atoms with E-state index < -0.39 is 0 Å². The number of carbonyl (C=O) groups is 1. The Kier molecular flexibility index (Phi) is 10.5. The Labute approximate surface area is 142 Å². The third-order valence-electron chi connectivity index (χ3n) is 3.01. The van der Waals surface area contributed by atoms with Crippen molar-refractivity contribution in [3.63, 3.8) is 0 Å². The smallest absolute Gasteiger partial charge is 0.254 e. The van der Waals surface area contributed by atoms with Crippen LogP contribution in [0.15, 0.2) is 24.3 Å². The van der Waals surface area contributed by atoms with Crippen molar-refractivity contribution in [2.75, 3.05) is 45.8 Å². The van der Waals surface area contributed by atoms with Gasteiger partial charge in [-0.05, 0) is 38.1 Å². The molecule has 1 aromatic carbocycles. The van der Waals surface area contributed by atoms with Crippen molar-refractivity contribution in [1.82, 2.24) is 4.90 Å². The minimum atomic E-state index is -0.0539. The van der Waals surface area contributed by atoms with Crippen molar-refractivity contribution in [1.29, 1.82) is 0 Å². The third kappa shape index (κ3) is 7.69. The maximum atomic E-state index is 12.6. The average Bonchev–Trinajstić information content (AvgIpc) is 2.59. The average molecular weight is 343 g/mol. The lowest BCUT2D eigenvalue weighted by atomic mass is 10.2. The van der Waals surface area contributed by atoms with Crippen LogP contribution in [-0.2, 0) is 13.8 Å². The number of nitrogens with zero attached hydrogens (tertiary/aromatic N) is 1. The van der Waals surface area contributed by atoms with E-state index in [-0.39, 0.29) is 5.91 Å². The predicted octanol–water partition coefficient (Wildman–Crippen LogP) is 2.79. The zero-order valence-corrected chi connectivity index (χ0v) is 14.8. The van der Waals surface area contributed by atoms with E-state index in [1.165, 1.54) is 0 Å². The van der Waals surface area contributed by atoms with Crippen LogP contribution in [0, 0.1) is 0 Å². The fourth-order valence-electron chi connectivity index (χ4n) is 1.86. The van der Waals surface area contributed by atoms with Crippen molar-refractivity contribution in [3.05, 3.63) is 29.8 Å². The SMILES string of the molecule is CCOCCN(CCOCC)C(=O)c1ccc(OOSC)cc1. The minimum absolute atomic E-state index is 0.0539. The first kappa shape index (κ1) is 19.8. The standard InChI is InChI=1S/C16H25NO5S/c1-4-19-12-10-17(11-13-20-5-2)16(18)14-6-8-15(9-7-14)21-22-23-3/h6-9H,4-5,10-13H2,1-3H3. The number of carbonyl (C=O) groups excluding carboxylic acids is 1. The van der Waals surface area contributed by atoms with Gasteiger partial charge >= 0.3 is 0 Å². The number of hydrogen-bond acceptors (Lipinski definition) is 6. The van der Waals surface area contributed by atoms with Crippen LogP contribution in [0.4, 0.5) is 0 Å². The molecule has 0 radical (unpaired) electrons. The Balaban J connectivity index is 2.65. The van der Waals surface area contributed by atoms with Crippen LogP contribution in [0.3, 0.4) is 0 Å². The van der Waals surface area contributed by atoms with Gasteiger partial charge in [0.15, 0.2) is 5.75 Å². The predicted molar refractivity (Wildman–Crippen MR) is 90.6 cm³/mol. The van der Waals surface area contributed by atoms with E-state index in [9.17, 15) is 4.79 Å². The van der Waals surface area contributed by atoms with Crippen LogP contribution in [0.2, 0.25) is 0 Å². The van der Waals surface area contributed by atoms with Gasteiger partial charge in [0.05, 0.1) is 13.2 Å². The summed E-state index contributed by atoms with van der Waals surface area (Å²) in [5.41, 5.74) is 0.592. The summed E-state index contributed by atoms with van der Waals surface area (Å²) < 4.78 is 15.5. The Morgan fingerprint density at radius 2 is 1.61 bits per heavy atom. The van der Waals surface area contributed by atoms with Crippen LogP contribution in [0.25, 0.3) is 0 Å². The third-order valence-corrected chi connectivity index (χ3v) is 3.21. The number of hydrogen-bond donors (Lipinski definition) is 0. The Morgan fingerprint density at radius 3 is 2.09 bits per heavy atom. The van der Waals surface area contributed by atoms with Gasteiger partial charge in [0.2, 0.25) is 0 Å². The summed E-state index contributed by atoms with van der Waals surface area (Å²) in [6.07, 6.45) is 1.76. The van der Waals surface area contributed by atoms with E-state index in [2.05, 4.69) is 0 Å². The van der Waals surface area contributed by atoms with Crippen molar-refractivity contribution < 1.29 is 23.5 Å². The van der Waals surface area contributed by atoms with Gasteiger partial charge in [0.25, 0.3) is 5.91 Å². The van der Waals surface area contributed by atoms with Crippen molar-refractivity contribution in [2.24, 2.45) is 0 Å². The van der Waals surface area contributed by atoms with Gasteiger partial charge in [-0.25, -0.2) is 0 Å². The lowest BCUT2D eigenvalue weighted by molar-refractivity contribution is -0.0770. The first-order valence-corrected chi connectivity index (χ1v) is 8.80. The summed E-state index contributed by atoms with van der Waals surface area (Å²) in [5.74, 6) is 0.493. The molecule has 1 rings (SSSR count). The van der Waals surface area contributed by atoms with Gasteiger partial charge in [0, 0.05) is 50.2 Å². The molecule has 0 fully saturated rings. The van der Waals surface area contributed by atoms with E-state index >= 15 is 0 Å². The molecule has 0 bridgehead atoms. The summed E-state index contributed by atoms with van der Waals surface area (Å²) >= 11 is 1.11. The number of amides is 1. The largest absolute Gasteiger partial charge is 0.380 e. The molecule has 6 nitrogen and oxygen atoms in total. The van der Waals surface area contributed by atoms with Gasteiger partial charge in [-0.3, -0.25) is 4.79 Å². The summed E-state index contributed by atoms with van der Waals surface area (Å²) in [6, 6.07) is 6.84. The second kappa shape index (κ2) is 12.2. The van der Waals surface area contributed by atoms with E-state index in [1.807, 2.05) is 13.8 Å². The highest BCUT2D eigenvalue weighted by Crippen LogP contribution is 2.15. The number of ether oxygens (including phenoxy) is 2. The van der Waals surface area contributed by atoms with Gasteiger partial charge < -0.3 is 19.3 Å². The van der Waals surface area contributed by atoms with E-state index in [4.69, 9.17) is 18.7 Å². The molecule has 1 aromatic rings. The molecular formula is C16H25NO5S. The van der Waals surface area contributed by atoms with Crippen molar-refractivity contribution in [2.45, 2.75) is 13.8 Å². The Morgan fingerprint density at radius 1 is 1.04 bits per heavy atom. The molecule has 0 aliphatic heterocycles.